The predicted molar refractivity (Wildman–Crippen MR) is 83.7 cm³/mol. The Morgan fingerprint density at radius 1 is 0.762 bits per heavy atom. The molecule has 0 radical (unpaired) electrons. The van der Waals surface area contributed by atoms with E-state index in [1.807, 2.05) is 0 Å². The van der Waals surface area contributed by atoms with E-state index in [0.717, 1.165) is 42.9 Å². The molecule has 4 aliphatic rings. The third kappa shape index (κ3) is 1.91. The quantitative estimate of drug-likeness (QED) is 0.714. The van der Waals surface area contributed by atoms with Gasteiger partial charge in [0.2, 0.25) is 0 Å². The van der Waals surface area contributed by atoms with Gasteiger partial charge in [-0.1, -0.05) is 13.8 Å². The van der Waals surface area contributed by atoms with Gasteiger partial charge in [-0.25, -0.2) is 0 Å². The Balaban J connectivity index is 1.62. The molecule has 2 N–H and O–H groups in total. The smallest absolute Gasteiger partial charge is 0.0596 e. The van der Waals surface area contributed by atoms with Crippen molar-refractivity contribution in [2.75, 3.05) is 0 Å². The zero-order chi connectivity index (χ0) is 14.8. The summed E-state index contributed by atoms with van der Waals surface area (Å²) in [5, 5.41) is 20.5. The standard InChI is InChI=1S/C19H32O2/c1-18-9-7-13(20)11-12(18)3-4-14-15-5-6-17(21)19(15,2)10-8-16(14)18/h12-17,20-21H,3-11H2,1-2H3/t12-,13-,14-,15-,16-,17+,18-,19+/m0/s1. The van der Waals surface area contributed by atoms with Gasteiger partial charge in [-0.2, -0.15) is 0 Å². The lowest BCUT2D eigenvalue weighted by Gasteiger charge is -2.60. The summed E-state index contributed by atoms with van der Waals surface area (Å²) < 4.78 is 0. The highest BCUT2D eigenvalue weighted by Gasteiger charge is 2.59. The second-order valence-corrected chi connectivity index (χ2v) is 9.22. The van der Waals surface area contributed by atoms with Crippen molar-refractivity contribution < 1.29 is 10.2 Å². The topological polar surface area (TPSA) is 40.5 Å². The van der Waals surface area contributed by atoms with Crippen molar-refractivity contribution in [2.45, 2.75) is 83.8 Å². The molecule has 21 heavy (non-hydrogen) atoms. The van der Waals surface area contributed by atoms with E-state index in [4.69, 9.17) is 0 Å². The van der Waals surface area contributed by atoms with Gasteiger partial charge in [0.05, 0.1) is 12.2 Å². The Hall–Kier alpha value is -0.0800. The van der Waals surface area contributed by atoms with Crippen molar-refractivity contribution in [3.05, 3.63) is 0 Å². The minimum atomic E-state index is -0.0536. The molecule has 4 saturated carbocycles. The number of hydrogen-bond donors (Lipinski definition) is 2. The van der Waals surface area contributed by atoms with E-state index >= 15 is 0 Å². The molecule has 8 atom stereocenters. The van der Waals surface area contributed by atoms with Gasteiger partial charge in [-0.05, 0) is 92.3 Å². The first-order valence-electron chi connectivity index (χ1n) is 9.31. The van der Waals surface area contributed by atoms with Crippen LogP contribution in [0.5, 0.6) is 0 Å². The summed E-state index contributed by atoms with van der Waals surface area (Å²) in [6, 6.07) is 0. The SMILES string of the molecule is C[C@]12CC[C@H](O)C[C@@H]1CC[C@@H]1[C@@H]2CC[C@@]2(C)[C@H](O)CC[C@@H]12. The Labute approximate surface area is 129 Å². The summed E-state index contributed by atoms with van der Waals surface area (Å²) in [6.07, 6.45) is 10.7. The van der Waals surface area contributed by atoms with Gasteiger partial charge in [-0.15, -0.1) is 0 Å². The van der Waals surface area contributed by atoms with Crippen LogP contribution in [-0.4, -0.2) is 22.4 Å². The maximum absolute atomic E-state index is 10.5. The summed E-state index contributed by atoms with van der Waals surface area (Å²) in [4.78, 5) is 0. The molecule has 0 aromatic rings. The monoisotopic (exact) mass is 292 g/mol. The maximum atomic E-state index is 10.5. The molecule has 4 rings (SSSR count). The highest BCUT2D eigenvalue weighted by atomic mass is 16.3. The molecule has 4 fully saturated rings. The first kappa shape index (κ1) is 14.5. The zero-order valence-corrected chi connectivity index (χ0v) is 13.7. The molecule has 0 amide bonds. The molecule has 0 unspecified atom stereocenters. The maximum Gasteiger partial charge on any atom is 0.0596 e. The Morgan fingerprint density at radius 2 is 1.48 bits per heavy atom. The van der Waals surface area contributed by atoms with Crippen molar-refractivity contribution >= 4 is 0 Å². The van der Waals surface area contributed by atoms with Crippen LogP contribution in [0.4, 0.5) is 0 Å². The van der Waals surface area contributed by atoms with E-state index in [9.17, 15) is 10.2 Å². The minimum absolute atomic E-state index is 0.0400. The number of rotatable bonds is 0. The molecule has 4 aliphatic carbocycles. The Kier molecular flexibility index (Phi) is 3.25. The first-order chi connectivity index (χ1) is 9.95. The highest BCUT2D eigenvalue weighted by Crippen LogP contribution is 2.66. The Bertz CT molecular complexity index is 422. The summed E-state index contributed by atoms with van der Waals surface area (Å²) in [7, 11) is 0. The lowest BCUT2D eigenvalue weighted by atomic mass is 9.45. The van der Waals surface area contributed by atoms with Gasteiger partial charge < -0.3 is 10.2 Å². The molecule has 0 saturated heterocycles. The number of aliphatic hydroxyl groups is 2. The molecule has 0 aromatic heterocycles. The van der Waals surface area contributed by atoms with Gasteiger partial charge in [0, 0.05) is 0 Å². The zero-order valence-electron chi connectivity index (χ0n) is 13.7. The molecule has 2 heteroatoms. The lowest BCUT2D eigenvalue weighted by Crippen LogP contribution is -2.54. The molecule has 0 aromatic carbocycles. The van der Waals surface area contributed by atoms with Gasteiger partial charge >= 0.3 is 0 Å². The van der Waals surface area contributed by atoms with Crippen molar-refractivity contribution in [3.8, 4) is 0 Å². The fourth-order valence-electron chi connectivity index (χ4n) is 7.21. The van der Waals surface area contributed by atoms with E-state index in [2.05, 4.69) is 13.8 Å². The normalized spacial score (nSPS) is 60.0. The van der Waals surface area contributed by atoms with Crippen molar-refractivity contribution in [1.29, 1.82) is 0 Å². The van der Waals surface area contributed by atoms with E-state index in [-0.39, 0.29) is 17.6 Å². The fourth-order valence-corrected chi connectivity index (χ4v) is 7.21. The molecule has 2 nitrogen and oxygen atoms in total. The van der Waals surface area contributed by atoms with Gasteiger partial charge in [0.25, 0.3) is 0 Å². The first-order valence-corrected chi connectivity index (χ1v) is 9.31. The van der Waals surface area contributed by atoms with Crippen molar-refractivity contribution in [1.82, 2.24) is 0 Å². The predicted octanol–water partition coefficient (Wildman–Crippen LogP) is 3.75. The van der Waals surface area contributed by atoms with Gasteiger partial charge in [0.1, 0.15) is 0 Å². The van der Waals surface area contributed by atoms with E-state index in [1.54, 1.807) is 0 Å². The molecular formula is C19H32O2. The second-order valence-electron chi connectivity index (χ2n) is 9.22. The van der Waals surface area contributed by atoms with Crippen LogP contribution in [0.25, 0.3) is 0 Å². The summed E-state index contributed by atoms with van der Waals surface area (Å²) >= 11 is 0. The summed E-state index contributed by atoms with van der Waals surface area (Å²) in [6.45, 7) is 4.90. The highest BCUT2D eigenvalue weighted by molar-refractivity contribution is 5.09. The van der Waals surface area contributed by atoms with Gasteiger partial charge in [-0.3, -0.25) is 0 Å². The molecular weight excluding hydrogens is 260 g/mol. The minimum Gasteiger partial charge on any atom is -0.393 e. The molecule has 0 spiro atoms. The van der Waals surface area contributed by atoms with Crippen LogP contribution in [0.1, 0.15) is 71.6 Å². The molecule has 0 heterocycles. The third-order valence-corrected chi connectivity index (χ3v) is 8.59. The van der Waals surface area contributed by atoms with Gasteiger partial charge in [0.15, 0.2) is 0 Å². The summed E-state index contributed by atoms with van der Waals surface area (Å²) in [5.41, 5.74) is 0.676. The number of aliphatic hydroxyl groups excluding tert-OH is 2. The van der Waals surface area contributed by atoms with Crippen LogP contribution >= 0.6 is 0 Å². The van der Waals surface area contributed by atoms with Crippen molar-refractivity contribution in [3.63, 3.8) is 0 Å². The Morgan fingerprint density at radius 3 is 2.29 bits per heavy atom. The molecule has 120 valence electrons. The average molecular weight is 292 g/mol. The number of fused-ring (bicyclic) bond motifs is 5. The summed E-state index contributed by atoms with van der Waals surface area (Å²) in [5.74, 6) is 3.21. The van der Waals surface area contributed by atoms with Crippen LogP contribution in [0, 0.1) is 34.5 Å². The molecule has 0 aliphatic heterocycles. The van der Waals surface area contributed by atoms with Crippen molar-refractivity contribution in [2.24, 2.45) is 34.5 Å². The van der Waals surface area contributed by atoms with E-state index in [1.165, 1.54) is 38.5 Å². The third-order valence-electron chi connectivity index (χ3n) is 8.59. The lowest BCUT2D eigenvalue weighted by molar-refractivity contribution is -0.133. The van der Waals surface area contributed by atoms with E-state index < -0.39 is 0 Å². The fraction of sp³-hybridized carbons (Fsp3) is 1.00. The second kappa shape index (κ2) is 4.71. The van der Waals surface area contributed by atoms with Crippen LogP contribution in [0.3, 0.4) is 0 Å². The van der Waals surface area contributed by atoms with E-state index in [0.29, 0.717) is 5.41 Å². The average Bonchev–Trinajstić information content (AvgIpc) is 2.76. The number of hydrogen-bond acceptors (Lipinski definition) is 2. The van der Waals surface area contributed by atoms with Crippen LogP contribution in [-0.2, 0) is 0 Å². The largest absolute Gasteiger partial charge is 0.393 e. The van der Waals surface area contributed by atoms with Crippen LogP contribution < -0.4 is 0 Å². The van der Waals surface area contributed by atoms with Crippen LogP contribution in [0.15, 0.2) is 0 Å². The molecule has 0 bridgehead atoms. The van der Waals surface area contributed by atoms with Crippen LogP contribution in [0.2, 0.25) is 0 Å².